The lowest BCUT2D eigenvalue weighted by atomic mass is 10.2. The summed E-state index contributed by atoms with van der Waals surface area (Å²) in [5.41, 5.74) is 2.01. The van der Waals surface area contributed by atoms with E-state index in [0.717, 1.165) is 16.9 Å². The summed E-state index contributed by atoms with van der Waals surface area (Å²) in [6.07, 6.45) is 3.17. The molecular formula is C15H18N2O3. The molecular weight excluding hydrogens is 256 g/mol. The average molecular weight is 274 g/mol. The number of nitrogens with one attached hydrogen (secondary N) is 2. The Bertz CT molecular complexity index is 538. The normalized spacial score (nSPS) is 10.1. The van der Waals surface area contributed by atoms with Crippen molar-refractivity contribution in [1.82, 2.24) is 10.6 Å². The lowest BCUT2D eigenvalue weighted by molar-refractivity contribution is 0.236. The SMILES string of the molecule is Cc1ccccc1OCCNC(=O)NCc1ccoc1. The summed E-state index contributed by atoms with van der Waals surface area (Å²) in [6, 6.07) is 9.37. The Labute approximate surface area is 117 Å². The van der Waals surface area contributed by atoms with Gasteiger partial charge in [0.2, 0.25) is 0 Å². The van der Waals surface area contributed by atoms with Gasteiger partial charge >= 0.3 is 6.03 Å². The largest absolute Gasteiger partial charge is 0.491 e. The first-order chi connectivity index (χ1) is 9.75. The molecule has 2 aromatic rings. The van der Waals surface area contributed by atoms with Gasteiger partial charge in [-0.05, 0) is 24.6 Å². The van der Waals surface area contributed by atoms with Gasteiger partial charge in [0.1, 0.15) is 12.4 Å². The Kier molecular flexibility index (Phi) is 5.06. The summed E-state index contributed by atoms with van der Waals surface area (Å²) in [6.45, 7) is 3.32. The van der Waals surface area contributed by atoms with Crippen LogP contribution in [0.4, 0.5) is 4.79 Å². The molecule has 0 fully saturated rings. The highest BCUT2D eigenvalue weighted by molar-refractivity contribution is 5.73. The average Bonchev–Trinajstić information content (AvgIpc) is 2.96. The molecule has 0 saturated heterocycles. The summed E-state index contributed by atoms with van der Waals surface area (Å²) in [5, 5.41) is 5.46. The zero-order valence-electron chi connectivity index (χ0n) is 11.4. The van der Waals surface area contributed by atoms with Gasteiger partial charge in [-0.15, -0.1) is 0 Å². The second-order valence-corrected chi connectivity index (χ2v) is 4.36. The summed E-state index contributed by atoms with van der Waals surface area (Å²) in [7, 11) is 0. The van der Waals surface area contributed by atoms with Crippen molar-refractivity contribution >= 4 is 6.03 Å². The van der Waals surface area contributed by atoms with Crippen LogP contribution in [-0.2, 0) is 6.54 Å². The van der Waals surface area contributed by atoms with Crippen LogP contribution in [0, 0.1) is 6.92 Å². The lowest BCUT2D eigenvalue weighted by Gasteiger charge is -2.10. The third kappa shape index (κ3) is 4.35. The molecule has 1 heterocycles. The highest BCUT2D eigenvalue weighted by Gasteiger charge is 2.01. The molecule has 20 heavy (non-hydrogen) atoms. The molecule has 0 aliphatic carbocycles. The van der Waals surface area contributed by atoms with Crippen LogP contribution in [0.5, 0.6) is 5.75 Å². The van der Waals surface area contributed by atoms with Crippen molar-refractivity contribution < 1.29 is 13.9 Å². The zero-order chi connectivity index (χ0) is 14.2. The molecule has 0 aliphatic heterocycles. The molecule has 106 valence electrons. The van der Waals surface area contributed by atoms with Crippen molar-refractivity contribution in [1.29, 1.82) is 0 Å². The van der Waals surface area contributed by atoms with E-state index in [2.05, 4.69) is 10.6 Å². The topological polar surface area (TPSA) is 63.5 Å². The Hall–Kier alpha value is -2.43. The van der Waals surface area contributed by atoms with Crippen LogP contribution in [-0.4, -0.2) is 19.2 Å². The lowest BCUT2D eigenvalue weighted by Crippen LogP contribution is -2.37. The van der Waals surface area contributed by atoms with E-state index in [1.807, 2.05) is 37.3 Å². The van der Waals surface area contributed by atoms with Crippen molar-refractivity contribution in [2.24, 2.45) is 0 Å². The van der Waals surface area contributed by atoms with E-state index in [4.69, 9.17) is 9.15 Å². The van der Waals surface area contributed by atoms with Crippen LogP contribution in [0.15, 0.2) is 47.3 Å². The van der Waals surface area contributed by atoms with Crippen molar-refractivity contribution in [2.45, 2.75) is 13.5 Å². The Morgan fingerprint density at radius 2 is 2.10 bits per heavy atom. The number of para-hydroxylation sites is 1. The summed E-state index contributed by atoms with van der Waals surface area (Å²) in [5.74, 6) is 0.841. The summed E-state index contributed by atoms with van der Waals surface area (Å²) in [4.78, 5) is 11.5. The van der Waals surface area contributed by atoms with Gasteiger partial charge in [-0.2, -0.15) is 0 Å². The van der Waals surface area contributed by atoms with E-state index < -0.39 is 0 Å². The van der Waals surface area contributed by atoms with Gasteiger partial charge in [0, 0.05) is 12.1 Å². The van der Waals surface area contributed by atoms with Crippen molar-refractivity contribution in [2.75, 3.05) is 13.2 Å². The fourth-order valence-corrected chi connectivity index (χ4v) is 1.68. The standard InChI is InChI=1S/C15H18N2O3/c1-12-4-2-3-5-14(12)20-9-7-16-15(18)17-10-13-6-8-19-11-13/h2-6,8,11H,7,9-10H2,1H3,(H2,16,17,18). The molecule has 5 heteroatoms. The summed E-state index contributed by atoms with van der Waals surface area (Å²) >= 11 is 0. The Balaban J connectivity index is 1.61. The molecule has 1 aromatic heterocycles. The minimum Gasteiger partial charge on any atom is -0.491 e. The van der Waals surface area contributed by atoms with E-state index in [1.54, 1.807) is 12.5 Å². The van der Waals surface area contributed by atoms with E-state index >= 15 is 0 Å². The quantitative estimate of drug-likeness (QED) is 0.795. The molecule has 2 amide bonds. The number of carbonyl (C=O) groups is 1. The van der Waals surface area contributed by atoms with Crippen LogP contribution >= 0.6 is 0 Å². The molecule has 1 aromatic carbocycles. The highest BCUT2D eigenvalue weighted by atomic mass is 16.5. The zero-order valence-corrected chi connectivity index (χ0v) is 11.4. The summed E-state index contributed by atoms with van der Waals surface area (Å²) < 4.78 is 10.5. The van der Waals surface area contributed by atoms with Crippen molar-refractivity contribution in [3.63, 3.8) is 0 Å². The number of carbonyl (C=O) groups excluding carboxylic acids is 1. The van der Waals surface area contributed by atoms with Gasteiger partial charge in [-0.3, -0.25) is 0 Å². The minimum absolute atomic E-state index is 0.223. The van der Waals surface area contributed by atoms with Crippen molar-refractivity contribution in [3.05, 3.63) is 54.0 Å². The predicted octanol–water partition coefficient (Wildman–Crippen LogP) is 2.47. The molecule has 0 radical (unpaired) electrons. The first-order valence-corrected chi connectivity index (χ1v) is 6.47. The molecule has 0 spiro atoms. The minimum atomic E-state index is -0.223. The van der Waals surface area contributed by atoms with E-state index in [-0.39, 0.29) is 6.03 Å². The number of rotatable bonds is 6. The Morgan fingerprint density at radius 1 is 1.25 bits per heavy atom. The molecule has 0 unspecified atom stereocenters. The number of hydrogen-bond acceptors (Lipinski definition) is 3. The first-order valence-electron chi connectivity index (χ1n) is 6.47. The van der Waals surface area contributed by atoms with Crippen LogP contribution in [0.25, 0.3) is 0 Å². The second kappa shape index (κ2) is 7.23. The van der Waals surface area contributed by atoms with Gasteiger partial charge in [0.05, 0.1) is 19.1 Å². The third-order valence-corrected chi connectivity index (χ3v) is 2.77. The van der Waals surface area contributed by atoms with E-state index in [0.29, 0.717) is 19.7 Å². The number of amides is 2. The molecule has 5 nitrogen and oxygen atoms in total. The van der Waals surface area contributed by atoms with Gasteiger partial charge in [-0.1, -0.05) is 18.2 Å². The number of furan rings is 1. The first kappa shape index (κ1) is 14.0. The van der Waals surface area contributed by atoms with E-state index in [9.17, 15) is 4.79 Å². The number of aryl methyl sites for hydroxylation is 1. The molecule has 2 N–H and O–H groups in total. The van der Waals surface area contributed by atoms with Crippen LogP contribution in [0.2, 0.25) is 0 Å². The molecule has 0 bridgehead atoms. The maximum atomic E-state index is 11.5. The van der Waals surface area contributed by atoms with Gasteiger partial charge in [0.25, 0.3) is 0 Å². The predicted molar refractivity (Wildman–Crippen MR) is 75.6 cm³/mol. The maximum absolute atomic E-state index is 11.5. The Morgan fingerprint density at radius 3 is 2.85 bits per heavy atom. The molecule has 0 saturated carbocycles. The van der Waals surface area contributed by atoms with E-state index in [1.165, 1.54) is 0 Å². The monoisotopic (exact) mass is 274 g/mol. The number of benzene rings is 1. The number of urea groups is 1. The number of hydrogen-bond donors (Lipinski definition) is 2. The second-order valence-electron chi connectivity index (χ2n) is 4.36. The van der Waals surface area contributed by atoms with Crippen molar-refractivity contribution in [3.8, 4) is 5.75 Å². The van der Waals surface area contributed by atoms with Crippen LogP contribution < -0.4 is 15.4 Å². The highest BCUT2D eigenvalue weighted by Crippen LogP contribution is 2.15. The molecule has 0 atom stereocenters. The number of ether oxygens (including phenoxy) is 1. The van der Waals surface area contributed by atoms with Gasteiger partial charge in [-0.25, -0.2) is 4.79 Å². The van der Waals surface area contributed by atoms with Gasteiger partial charge in [0.15, 0.2) is 0 Å². The smallest absolute Gasteiger partial charge is 0.315 e. The molecule has 0 aliphatic rings. The fourth-order valence-electron chi connectivity index (χ4n) is 1.68. The fraction of sp³-hybridized carbons (Fsp3) is 0.267. The maximum Gasteiger partial charge on any atom is 0.315 e. The van der Waals surface area contributed by atoms with Gasteiger partial charge < -0.3 is 19.8 Å². The van der Waals surface area contributed by atoms with Crippen LogP contribution in [0.3, 0.4) is 0 Å². The third-order valence-electron chi connectivity index (χ3n) is 2.77. The van der Waals surface area contributed by atoms with Crippen LogP contribution in [0.1, 0.15) is 11.1 Å². The molecule has 2 rings (SSSR count).